The molecule has 3 N–H and O–H groups in total. The van der Waals surface area contributed by atoms with Crippen LogP contribution in [0.15, 0.2) is 29.2 Å². The molecular weight excluding hydrogens is 376 g/mol. The maximum atomic E-state index is 12.4. The van der Waals surface area contributed by atoms with Crippen LogP contribution in [0, 0.1) is 6.92 Å². The maximum Gasteiger partial charge on any atom is 0.339 e. The molecule has 0 spiro atoms. The van der Waals surface area contributed by atoms with Gasteiger partial charge in [-0.3, -0.25) is 4.79 Å². The number of rotatable bonds is 7. The summed E-state index contributed by atoms with van der Waals surface area (Å²) in [6.07, 6.45) is 0.552. The molecule has 0 unspecified atom stereocenters. The van der Waals surface area contributed by atoms with E-state index in [1.807, 2.05) is 13.8 Å². The first-order valence-corrected chi connectivity index (χ1v) is 10.3. The molecule has 2 rings (SSSR count). The fourth-order valence-corrected chi connectivity index (χ4v) is 4.73. The van der Waals surface area contributed by atoms with Crippen molar-refractivity contribution in [1.29, 1.82) is 0 Å². The fraction of sp³-hybridized carbons (Fsp3) is 0.294. The molecule has 0 fully saturated rings. The summed E-state index contributed by atoms with van der Waals surface area (Å²) in [7, 11) is -3.59. The number of carbonyl (C=O) groups is 2. The van der Waals surface area contributed by atoms with Crippen LogP contribution >= 0.6 is 11.3 Å². The van der Waals surface area contributed by atoms with Crippen LogP contribution in [-0.4, -0.2) is 31.9 Å². The molecule has 9 heteroatoms. The van der Waals surface area contributed by atoms with Gasteiger partial charge in [0.15, 0.2) is 0 Å². The summed E-state index contributed by atoms with van der Waals surface area (Å²) in [5.41, 5.74) is 1.04. The Labute approximate surface area is 156 Å². The summed E-state index contributed by atoms with van der Waals surface area (Å²) in [6.45, 7) is 5.61. The van der Waals surface area contributed by atoms with Gasteiger partial charge in [0.25, 0.3) is 5.91 Å². The van der Waals surface area contributed by atoms with Gasteiger partial charge in [-0.2, -0.15) is 0 Å². The van der Waals surface area contributed by atoms with E-state index in [1.165, 1.54) is 35.6 Å². The maximum absolute atomic E-state index is 12.4. The van der Waals surface area contributed by atoms with E-state index >= 15 is 0 Å². The zero-order chi connectivity index (χ0) is 19.5. The quantitative estimate of drug-likeness (QED) is 0.666. The molecule has 0 aliphatic heterocycles. The van der Waals surface area contributed by atoms with Crippen LogP contribution < -0.4 is 10.0 Å². The SMILES string of the molecule is CCNS(=O)(=O)c1ccc(C(=O)Nc2sc(C)c(CC)c2C(=O)O)cc1. The number of nitrogens with one attached hydrogen (secondary N) is 2. The fourth-order valence-electron chi connectivity index (χ4n) is 2.55. The number of amides is 1. The number of benzene rings is 1. The first kappa shape index (κ1) is 20.1. The normalized spacial score (nSPS) is 11.3. The van der Waals surface area contributed by atoms with Gasteiger partial charge in [-0.25, -0.2) is 17.9 Å². The van der Waals surface area contributed by atoms with Gasteiger partial charge in [0, 0.05) is 17.0 Å². The molecule has 1 amide bonds. The van der Waals surface area contributed by atoms with Crippen LogP contribution in [0.5, 0.6) is 0 Å². The average Bonchev–Trinajstić information content (AvgIpc) is 2.90. The first-order valence-electron chi connectivity index (χ1n) is 7.97. The van der Waals surface area contributed by atoms with Gasteiger partial charge in [0.1, 0.15) is 5.00 Å². The lowest BCUT2D eigenvalue weighted by Gasteiger charge is -2.07. The largest absolute Gasteiger partial charge is 0.478 e. The minimum Gasteiger partial charge on any atom is -0.478 e. The predicted octanol–water partition coefficient (Wildman–Crippen LogP) is 2.87. The van der Waals surface area contributed by atoms with E-state index in [0.29, 0.717) is 12.0 Å². The lowest BCUT2D eigenvalue weighted by Crippen LogP contribution is -2.23. The standard InChI is InChI=1S/C17H20N2O5S2/c1-4-13-10(3)25-16(14(13)17(21)22)19-15(20)11-6-8-12(9-7-11)26(23,24)18-5-2/h6-9,18H,4-5H2,1-3H3,(H,19,20)(H,21,22). The van der Waals surface area contributed by atoms with Gasteiger partial charge >= 0.3 is 5.97 Å². The Morgan fingerprint density at radius 3 is 2.27 bits per heavy atom. The Balaban J connectivity index is 2.28. The van der Waals surface area contributed by atoms with E-state index in [9.17, 15) is 23.1 Å². The zero-order valence-corrected chi connectivity index (χ0v) is 16.3. The second kappa shape index (κ2) is 7.98. The van der Waals surface area contributed by atoms with Crippen molar-refractivity contribution in [3.8, 4) is 0 Å². The number of aryl methyl sites for hydroxylation is 1. The topological polar surface area (TPSA) is 113 Å². The Morgan fingerprint density at radius 1 is 1.15 bits per heavy atom. The summed E-state index contributed by atoms with van der Waals surface area (Å²) in [4.78, 5) is 24.9. The Kier molecular flexibility index (Phi) is 6.17. The van der Waals surface area contributed by atoms with Crippen molar-refractivity contribution in [2.45, 2.75) is 32.1 Å². The van der Waals surface area contributed by atoms with Crippen LogP contribution in [-0.2, 0) is 16.4 Å². The van der Waals surface area contributed by atoms with Crippen molar-refractivity contribution in [2.75, 3.05) is 11.9 Å². The third-order valence-electron chi connectivity index (χ3n) is 3.76. The third-order valence-corrected chi connectivity index (χ3v) is 6.39. The number of aromatic carboxylic acids is 1. The van der Waals surface area contributed by atoms with E-state index in [4.69, 9.17) is 0 Å². The second-order valence-electron chi connectivity index (χ2n) is 5.48. The molecule has 0 saturated carbocycles. The highest BCUT2D eigenvalue weighted by molar-refractivity contribution is 7.89. The highest BCUT2D eigenvalue weighted by Crippen LogP contribution is 2.33. The molecule has 0 aliphatic rings. The van der Waals surface area contributed by atoms with E-state index in [2.05, 4.69) is 10.0 Å². The third kappa shape index (κ3) is 4.12. The zero-order valence-electron chi connectivity index (χ0n) is 14.6. The number of carboxylic acids is 1. The number of carbonyl (C=O) groups excluding carboxylic acids is 1. The van der Waals surface area contributed by atoms with Gasteiger partial charge in [-0.15, -0.1) is 11.3 Å². The van der Waals surface area contributed by atoms with Crippen LogP contribution in [0.2, 0.25) is 0 Å². The molecule has 0 atom stereocenters. The van der Waals surface area contributed by atoms with Gasteiger partial charge in [-0.05, 0) is 43.2 Å². The van der Waals surface area contributed by atoms with E-state index in [1.54, 1.807) is 6.92 Å². The summed E-state index contributed by atoms with van der Waals surface area (Å²) in [5.74, 6) is -1.59. The van der Waals surface area contributed by atoms with E-state index in [-0.39, 0.29) is 27.6 Å². The molecule has 1 aromatic carbocycles. The van der Waals surface area contributed by atoms with Crippen molar-refractivity contribution in [2.24, 2.45) is 0 Å². The average molecular weight is 396 g/mol. The number of sulfonamides is 1. The first-order chi connectivity index (χ1) is 12.2. The number of hydrogen-bond donors (Lipinski definition) is 3. The lowest BCUT2D eigenvalue weighted by molar-refractivity contribution is 0.0697. The molecule has 1 heterocycles. The molecule has 0 saturated heterocycles. The van der Waals surface area contributed by atoms with E-state index < -0.39 is 21.9 Å². The van der Waals surface area contributed by atoms with Crippen LogP contribution in [0.4, 0.5) is 5.00 Å². The number of anilines is 1. The van der Waals surface area contributed by atoms with Crippen molar-refractivity contribution in [3.05, 3.63) is 45.8 Å². The number of carboxylic acid groups (broad SMARTS) is 1. The highest BCUT2D eigenvalue weighted by atomic mass is 32.2. The minimum atomic E-state index is -3.59. The second-order valence-corrected chi connectivity index (χ2v) is 8.47. The molecule has 0 radical (unpaired) electrons. The Hall–Kier alpha value is -2.23. The Morgan fingerprint density at radius 2 is 1.77 bits per heavy atom. The molecule has 1 aromatic heterocycles. The van der Waals surface area contributed by atoms with Gasteiger partial charge in [0.2, 0.25) is 10.0 Å². The molecule has 26 heavy (non-hydrogen) atoms. The summed E-state index contributed by atoms with van der Waals surface area (Å²) in [6, 6.07) is 5.45. The molecule has 0 bridgehead atoms. The molecule has 2 aromatic rings. The van der Waals surface area contributed by atoms with Gasteiger partial charge < -0.3 is 10.4 Å². The summed E-state index contributed by atoms with van der Waals surface area (Å²) in [5, 5.41) is 12.3. The Bertz CT molecular complexity index is 931. The molecular formula is C17H20N2O5S2. The van der Waals surface area contributed by atoms with Crippen molar-refractivity contribution < 1.29 is 23.1 Å². The lowest BCUT2D eigenvalue weighted by atomic mass is 10.1. The summed E-state index contributed by atoms with van der Waals surface area (Å²) >= 11 is 1.21. The predicted molar refractivity (Wildman–Crippen MR) is 101 cm³/mol. The number of thiophene rings is 1. The van der Waals surface area contributed by atoms with Crippen molar-refractivity contribution in [3.63, 3.8) is 0 Å². The summed E-state index contributed by atoms with van der Waals surface area (Å²) < 4.78 is 26.2. The van der Waals surface area contributed by atoms with Gasteiger partial charge in [0.05, 0.1) is 10.5 Å². The smallest absolute Gasteiger partial charge is 0.339 e. The van der Waals surface area contributed by atoms with E-state index in [0.717, 1.165) is 4.88 Å². The number of hydrogen-bond acceptors (Lipinski definition) is 5. The highest BCUT2D eigenvalue weighted by Gasteiger charge is 2.22. The molecule has 140 valence electrons. The van der Waals surface area contributed by atoms with Crippen LogP contribution in [0.3, 0.4) is 0 Å². The van der Waals surface area contributed by atoms with Crippen LogP contribution in [0.1, 0.15) is 45.0 Å². The van der Waals surface area contributed by atoms with Crippen molar-refractivity contribution >= 4 is 38.2 Å². The molecule has 7 nitrogen and oxygen atoms in total. The monoisotopic (exact) mass is 396 g/mol. The van der Waals surface area contributed by atoms with Gasteiger partial charge in [-0.1, -0.05) is 13.8 Å². The van der Waals surface area contributed by atoms with Crippen LogP contribution in [0.25, 0.3) is 0 Å². The minimum absolute atomic E-state index is 0.0577. The van der Waals surface area contributed by atoms with Crippen molar-refractivity contribution in [1.82, 2.24) is 4.72 Å². The molecule has 0 aliphatic carbocycles.